The largest absolute Gasteiger partial charge is 0.310 e. The zero-order valence-corrected chi connectivity index (χ0v) is 14.8. The van der Waals surface area contributed by atoms with Gasteiger partial charge in [-0.2, -0.15) is 5.10 Å². The number of amides is 1. The predicted octanol–water partition coefficient (Wildman–Crippen LogP) is 2.15. The molecule has 25 heavy (non-hydrogen) atoms. The number of aromatic amines is 1. The molecule has 3 rings (SSSR count). The first kappa shape index (κ1) is 16.9. The maximum Gasteiger partial charge on any atom is 0.253 e. The van der Waals surface area contributed by atoms with Crippen molar-refractivity contribution in [2.24, 2.45) is 7.05 Å². The van der Waals surface area contributed by atoms with Gasteiger partial charge in [0.05, 0.1) is 5.69 Å². The summed E-state index contributed by atoms with van der Waals surface area (Å²) in [6.45, 7) is 5.70. The molecule has 0 fully saturated rings. The molecule has 7 heteroatoms. The maximum atomic E-state index is 12.4. The van der Waals surface area contributed by atoms with E-state index in [4.69, 9.17) is 0 Å². The van der Waals surface area contributed by atoms with Gasteiger partial charge in [0.15, 0.2) is 0 Å². The van der Waals surface area contributed by atoms with E-state index in [2.05, 4.69) is 20.4 Å². The Bertz CT molecular complexity index is 1020. The van der Waals surface area contributed by atoms with E-state index < -0.39 is 0 Å². The number of fused-ring (bicyclic) bond motifs is 1. The zero-order valence-electron chi connectivity index (χ0n) is 14.8. The van der Waals surface area contributed by atoms with Gasteiger partial charge in [-0.15, -0.1) is 0 Å². The molecule has 0 unspecified atom stereocenters. The van der Waals surface area contributed by atoms with Crippen LogP contribution in [-0.4, -0.2) is 25.7 Å². The Labute approximate surface area is 145 Å². The highest BCUT2D eigenvalue weighted by atomic mass is 16.1. The van der Waals surface area contributed by atoms with Gasteiger partial charge in [-0.05, 0) is 44.4 Å². The van der Waals surface area contributed by atoms with Crippen LogP contribution in [0.5, 0.6) is 0 Å². The molecule has 7 nitrogen and oxygen atoms in total. The summed E-state index contributed by atoms with van der Waals surface area (Å²) < 4.78 is 1.67. The van der Waals surface area contributed by atoms with Crippen molar-refractivity contribution in [3.63, 3.8) is 0 Å². The first-order chi connectivity index (χ1) is 11.9. The maximum absolute atomic E-state index is 12.4. The van der Waals surface area contributed by atoms with Crippen molar-refractivity contribution >= 4 is 22.8 Å². The lowest BCUT2D eigenvalue weighted by Gasteiger charge is -2.09. The Morgan fingerprint density at radius 2 is 2.08 bits per heavy atom. The minimum absolute atomic E-state index is 0.163. The summed E-state index contributed by atoms with van der Waals surface area (Å²) in [6.07, 6.45) is 2.21. The van der Waals surface area contributed by atoms with E-state index in [1.165, 1.54) is 0 Å². The fourth-order valence-electron chi connectivity index (χ4n) is 3.11. The van der Waals surface area contributed by atoms with Gasteiger partial charge in [-0.1, -0.05) is 6.07 Å². The number of hydrogen-bond donors (Lipinski definition) is 2. The lowest BCUT2D eigenvalue weighted by Crippen LogP contribution is -2.19. The van der Waals surface area contributed by atoms with Crippen LogP contribution in [0.4, 0.5) is 5.82 Å². The monoisotopic (exact) mass is 339 g/mol. The zero-order chi connectivity index (χ0) is 18.1. The standard InChI is InChI=1S/C18H21N5O2/c1-10-6-5-9-19-16(10)20-14(24)8-7-13-11(2)15-12(3)22-23(4)17(15)21-18(13)25/h5-6,9H,7-8H2,1-4H3,(H,21,25)(H,19,20,24). The van der Waals surface area contributed by atoms with Crippen molar-refractivity contribution in [2.45, 2.75) is 33.6 Å². The average molecular weight is 339 g/mol. The Hall–Kier alpha value is -2.96. The number of rotatable bonds is 4. The second-order valence-electron chi connectivity index (χ2n) is 6.21. The first-order valence-electron chi connectivity index (χ1n) is 8.15. The second-order valence-corrected chi connectivity index (χ2v) is 6.21. The molecule has 3 heterocycles. The molecule has 0 aliphatic carbocycles. The number of nitrogens with zero attached hydrogens (tertiary/aromatic N) is 3. The fraction of sp³-hybridized carbons (Fsp3) is 0.333. The molecule has 0 radical (unpaired) electrons. The Balaban J connectivity index is 1.82. The molecule has 0 saturated heterocycles. The topological polar surface area (TPSA) is 92.7 Å². The van der Waals surface area contributed by atoms with Crippen LogP contribution in [0.1, 0.15) is 28.8 Å². The molecule has 0 spiro atoms. The summed E-state index contributed by atoms with van der Waals surface area (Å²) >= 11 is 0. The van der Waals surface area contributed by atoms with Crippen LogP contribution in [0.3, 0.4) is 0 Å². The summed E-state index contributed by atoms with van der Waals surface area (Å²) in [6, 6.07) is 3.70. The van der Waals surface area contributed by atoms with Gasteiger partial charge in [0, 0.05) is 30.6 Å². The fourth-order valence-corrected chi connectivity index (χ4v) is 3.11. The van der Waals surface area contributed by atoms with Crippen LogP contribution in [0.2, 0.25) is 0 Å². The number of hydrogen-bond acceptors (Lipinski definition) is 4. The molecule has 3 aromatic rings. The van der Waals surface area contributed by atoms with Gasteiger partial charge in [-0.25, -0.2) is 4.98 Å². The Kier molecular flexibility index (Phi) is 4.39. The normalized spacial score (nSPS) is 11.0. The molecule has 0 atom stereocenters. The molecule has 0 aliphatic heterocycles. The third-order valence-electron chi connectivity index (χ3n) is 4.43. The number of carbonyl (C=O) groups is 1. The Morgan fingerprint density at radius 3 is 2.80 bits per heavy atom. The quantitative estimate of drug-likeness (QED) is 0.762. The van der Waals surface area contributed by atoms with Crippen molar-refractivity contribution in [2.75, 3.05) is 5.32 Å². The molecular weight excluding hydrogens is 318 g/mol. The molecule has 3 aromatic heterocycles. The average Bonchev–Trinajstić information content (AvgIpc) is 2.83. The molecule has 2 N–H and O–H groups in total. The number of anilines is 1. The highest BCUT2D eigenvalue weighted by Crippen LogP contribution is 2.21. The van der Waals surface area contributed by atoms with Gasteiger partial charge in [0.1, 0.15) is 11.5 Å². The minimum Gasteiger partial charge on any atom is -0.310 e. The van der Waals surface area contributed by atoms with Crippen LogP contribution in [0.15, 0.2) is 23.1 Å². The lowest BCUT2D eigenvalue weighted by atomic mass is 10.0. The second kappa shape index (κ2) is 6.51. The van der Waals surface area contributed by atoms with Crippen LogP contribution >= 0.6 is 0 Å². The van der Waals surface area contributed by atoms with Crippen LogP contribution in [0, 0.1) is 20.8 Å². The number of pyridine rings is 2. The van der Waals surface area contributed by atoms with Gasteiger partial charge in [0.25, 0.3) is 5.56 Å². The number of H-pyrrole nitrogens is 1. The van der Waals surface area contributed by atoms with Crippen molar-refractivity contribution in [1.82, 2.24) is 19.7 Å². The summed E-state index contributed by atoms with van der Waals surface area (Å²) in [7, 11) is 1.80. The van der Waals surface area contributed by atoms with Gasteiger partial charge >= 0.3 is 0 Å². The van der Waals surface area contributed by atoms with E-state index in [1.807, 2.05) is 32.9 Å². The van der Waals surface area contributed by atoms with Gasteiger partial charge in [0.2, 0.25) is 5.91 Å². The molecule has 0 aliphatic rings. The van der Waals surface area contributed by atoms with Crippen LogP contribution in [-0.2, 0) is 18.3 Å². The van der Waals surface area contributed by atoms with Crippen LogP contribution in [0.25, 0.3) is 11.0 Å². The first-order valence-corrected chi connectivity index (χ1v) is 8.15. The van der Waals surface area contributed by atoms with Gasteiger partial charge in [-0.3, -0.25) is 14.3 Å². The minimum atomic E-state index is -0.171. The smallest absolute Gasteiger partial charge is 0.253 e. The van der Waals surface area contributed by atoms with E-state index in [9.17, 15) is 9.59 Å². The Morgan fingerprint density at radius 1 is 1.32 bits per heavy atom. The molecule has 1 amide bonds. The highest BCUT2D eigenvalue weighted by Gasteiger charge is 2.16. The third kappa shape index (κ3) is 3.17. The van der Waals surface area contributed by atoms with Crippen molar-refractivity contribution < 1.29 is 4.79 Å². The molecule has 0 bridgehead atoms. The molecule has 0 saturated carbocycles. The number of aromatic nitrogens is 4. The molecule has 0 aromatic carbocycles. The van der Waals surface area contributed by atoms with Crippen molar-refractivity contribution in [3.8, 4) is 0 Å². The van der Waals surface area contributed by atoms with Crippen LogP contribution < -0.4 is 10.9 Å². The summed E-state index contributed by atoms with van der Waals surface area (Å²) in [5.41, 5.74) is 3.80. The van der Waals surface area contributed by atoms with Crippen molar-refractivity contribution in [3.05, 3.63) is 51.1 Å². The van der Waals surface area contributed by atoms with E-state index in [0.717, 1.165) is 22.2 Å². The number of aryl methyl sites for hydroxylation is 4. The van der Waals surface area contributed by atoms with E-state index >= 15 is 0 Å². The highest BCUT2D eigenvalue weighted by molar-refractivity contribution is 5.90. The SMILES string of the molecule is Cc1cccnc1NC(=O)CCc1c(C)c2c(C)nn(C)c2[nH]c1=O. The lowest BCUT2D eigenvalue weighted by molar-refractivity contribution is -0.116. The number of nitrogens with one attached hydrogen (secondary N) is 2. The molecule has 130 valence electrons. The summed E-state index contributed by atoms with van der Waals surface area (Å²) in [4.78, 5) is 31.6. The third-order valence-corrected chi connectivity index (χ3v) is 4.43. The van der Waals surface area contributed by atoms with E-state index in [1.54, 1.807) is 17.9 Å². The number of carbonyl (C=O) groups excluding carboxylic acids is 1. The summed E-state index contributed by atoms with van der Waals surface area (Å²) in [5.74, 6) is 0.389. The summed E-state index contributed by atoms with van der Waals surface area (Å²) in [5, 5.41) is 8.09. The van der Waals surface area contributed by atoms with Gasteiger partial charge < -0.3 is 10.3 Å². The predicted molar refractivity (Wildman–Crippen MR) is 96.7 cm³/mol. The molecular formula is C18H21N5O2. The van der Waals surface area contributed by atoms with E-state index in [-0.39, 0.29) is 17.9 Å². The van der Waals surface area contributed by atoms with E-state index in [0.29, 0.717) is 23.4 Å². The van der Waals surface area contributed by atoms with Crippen molar-refractivity contribution in [1.29, 1.82) is 0 Å².